The second-order valence-corrected chi connectivity index (χ2v) is 4.21. The van der Waals surface area contributed by atoms with Crippen LogP contribution in [0.25, 0.3) is 0 Å². The Hall–Kier alpha value is -1.40. The molecule has 0 aliphatic heterocycles. The summed E-state index contributed by atoms with van der Waals surface area (Å²) in [4.78, 5) is 0. The quantitative estimate of drug-likeness (QED) is 0.937. The van der Waals surface area contributed by atoms with Crippen LogP contribution >= 0.6 is 15.9 Å². The Morgan fingerprint density at radius 1 is 1.35 bits per heavy atom. The third kappa shape index (κ3) is 2.48. The minimum absolute atomic E-state index is 0.141. The molecule has 0 saturated carbocycles. The Labute approximate surface area is 107 Å². The molecule has 2 rings (SSSR count). The number of hydrogen-bond acceptors (Lipinski definition) is 5. The normalized spacial score (nSPS) is 12.4. The Bertz CT molecular complexity index is 484. The predicted octanol–water partition coefficient (Wildman–Crippen LogP) is 2.15. The lowest BCUT2D eigenvalue weighted by molar-refractivity contribution is 0.388. The summed E-state index contributed by atoms with van der Waals surface area (Å²) in [6.07, 6.45) is 1.63. The number of halogens is 1. The third-order valence-corrected chi connectivity index (χ3v) is 3.02. The van der Waals surface area contributed by atoms with Crippen LogP contribution in [-0.2, 0) is 0 Å². The molecule has 0 fully saturated rings. The van der Waals surface area contributed by atoms with Crippen molar-refractivity contribution >= 4 is 15.9 Å². The van der Waals surface area contributed by atoms with Gasteiger partial charge >= 0.3 is 0 Å². The van der Waals surface area contributed by atoms with Crippen molar-refractivity contribution in [3.8, 4) is 5.88 Å². The topological polar surface area (TPSA) is 60.2 Å². The molecule has 0 bridgehead atoms. The fraction of sp³-hybridized carbons (Fsp3) is 0.273. The maximum atomic E-state index is 5.42. The summed E-state index contributed by atoms with van der Waals surface area (Å²) >= 11 is 3.43. The van der Waals surface area contributed by atoms with Crippen LogP contribution in [-0.4, -0.2) is 24.4 Å². The smallest absolute Gasteiger partial charge is 0.233 e. The van der Waals surface area contributed by atoms with E-state index >= 15 is 0 Å². The summed E-state index contributed by atoms with van der Waals surface area (Å²) in [6, 6.07) is 5.32. The average Bonchev–Trinajstić information content (AvgIpc) is 2.78. The van der Waals surface area contributed by atoms with Gasteiger partial charge in [-0.05, 0) is 35.1 Å². The zero-order chi connectivity index (χ0) is 12.3. The van der Waals surface area contributed by atoms with Gasteiger partial charge in [0.15, 0.2) is 0 Å². The zero-order valence-electron chi connectivity index (χ0n) is 9.48. The number of furan rings is 1. The number of methoxy groups -OCH3 is 1. The van der Waals surface area contributed by atoms with E-state index in [-0.39, 0.29) is 6.04 Å². The van der Waals surface area contributed by atoms with Gasteiger partial charge < -0.3 is 14.5 Å². The fourth-order valence-corrected chi connectivity index (χ4v) is 1.95. The van der Waals surface area contributed by atoms with Gasteiger partial charge in [0.25, 0.3) is 0 Å². The van der Waals surface area contributed by atoms with Gasteiger partial charge in [-0.2, -0.15) is 0 Å². The van der Waals surface area contributed by atoms with Crippen molar-refractivity contribution in [3.05, 3.63) is 40.4 Å². The van der Waals surface area contributed by atoms with Crippen molar-refractivity contribution in [2.24, 2.45) is 0 Å². The van der Waals surface area contributed by atoms with Gasteiger partial charge in [0.1, 0.15) is 11.8 Å². The monoisotopic (exact) mass is 297 g/mol. The summed E-state index contributed by atoms with van der Waals surface area (Å²) in [5, 5.41) is 11.2. The fourth-order valence-electron chi connectivity index (χ4n) is 1.52. The van der Waals surface area contributed by atoms with E-state index in [4.69, 9.17) is 9.15 Å². The molecule has 1 atom stereocenters. The highest BCUT2D eigenvalue weighted by Crippen LogP contribution is 2.28. The van der Waals surface area contributed by atoms with Crippen molar-refractivity contribution in [1.29, 1.82) is 0 Å². The van der Waals surface area contributed by atoms with E-state index in [9.17, 15) is 0 Å². The largest absolute Gasteiger partial charge is 0.480 e. The van der Waals surface area contributed by atoms with E-state index in [1.165, 1.54) is 0 Å². The highest BCUT2D eigenvalue weighted by atomic mass is 79.9. The maximum Gasteiger partial charge on any atom is 0.233 e. The van der Waals surface area contributed by atoms with Gasteiger partial charge in [-0.1, -0.05) is 0 Å². The third-order valence-electron chi connectivity index (χ3n) is 2.36. The first-order valence-corrected chi connectivity index (χ1v) is 5.83. The molecule has 17 heavy (non-hydrogen) atoms. The molecule has 1 unspecified atom stereocenters. The molecular formula is C11H12BrN3O2. The molecule has 5 nitrogen and oxygen atoms in total. The van der Waals surface area contributed by atoms with Crippen molar-refractivity contribution < 1.29 is 9.15 Å². The molecule has 0 radical (unpaired) electrons. The van der Waals surface area contributed by atoms with Crippen LogP contribution in [0.4, 0.5) is 0 Å². The molecule has 2 aromatic rings. The molecule has 6 heteroatoms. The molecule has 2 aromatic heterocycles. The second-order valence-electron chi connectivity index (χ2n) is 3.36. The summed E-state index contributed by atoms with van der Waals surface area (Å²) in [5.74, 6) is 1.26. The van der Waals surface area contributed by atoms with Gasteiger partial charge in [0.2, 0.25) is 5.88 Å². The summed E-state index contributed by atoms with van der Waals surface area (Å²) in [6.45, 7) is 0. The molecule has 0 aromatic carbocycles. The molecule has 0 aliphatic carbocycles. The molecule has 1 N–H and O–H groups in total. The Morgan fingerprint density at radius 3 is 2.65 bits per heavy atom. The van der Waals surface area contributed by atoms with E-state index in [1.54, 1.807) is 19.4 Å². The summed E-state index contributed by atoms with van der Waals surface area (Å²) in [5.41, 5.74) is 0.768. The van der Waals surface area contributed by atoms with Crippen molar-refractivity contribution in [1.82, 2.24) is 15.5 Å². The zero-order valence-corrected chi connectivity index (χ0v) is 11.1. The number of nitrogens with zero attached hydrogens (tertiary/aromatic N) is 2. The number of aromatic nitrogens is 2. The predicted molar refractivity (Wildman–Crippen MR) is 65.9 cm³/mol. The van der Waals surface area contributed by atoms with Crippen molar-refractivity contribution in [3.63, 3.8) is 0 Å². The van der Waals surface area contributed by atoms with Gasteiger partial charge in [-0.3, -0.25) is 0 Å². The minimum atomic E-state index is -0.141. The summed E-state index contributed by atoms with van der Waals surface area (Å²) < 4.78 is 11.3. The van der Waals surface area contributed by atoms with Crippen LogP contribution in [0.2, 0.25) is 0 Å². The Morgan fingerprint density at radius 2 is 2.18 bits per heavy atom. The van der Waals surface area contributed by atoms with Crippen LogP contribution in [0.3, 0.4) is 0 Å². The van der Waals surface area contributed by atoms with E-state index in [0.717, 1.165) is 15.9 Å². The van der Waals surface area contributed by atoms with Crippen molar-refractivity contribution in [2.75, 3.05) is 14.2 Å². The Kier molecular flexibility index (Phi) is 3.75. The van der Waals surface area contributed by atoms with E-state index in [0.29, 0.717) is 5.88 Å². The van der Waals surface area contributed by atoms with Gasteiger partial charge in [-0.25, -0.2) is 0 Å². The van der Waals surface area contributed by atoms with Crippen LogP contribution in [0, 0.1) is 0 Å². The first-order chi connectivity index (χ1) is 8.26. The molecular weight excluding hydrogens is 286 g/mol. The minimum Gasteiger partial charge on any atom is -0.480 e. The number of hydrogen-bond donors (Lipinski definition) is 1. The number of rotatable bonds is 4. The van der Waals surface area contributed by atoms with Crippen molar-refractivity contribution in [2.45, 2.75) is 6.04 Å². The SMILES string of the molecule is CNC(c1ccc(OC)nn1)c1occc1Br. The standard InChI is InChI=1S/C11H12BrN3O2/c1-13-10(11-7(12)5-6-17-11)8-3-4-9(16-2)15-14-8/h3-6,10,13H,1-2H3. The first-order valence-electron chi connectivity index (χ1n) is 5.04. The van der Waals surface area contributed by atoms with Crippen LogP contribution in [0.15, 0.2) is 33.4 Å². The first kappa shape index (κ1) is 12.1. The molecule has 0 aliphatic rings. The number of nitrogens with one attached hydrogen (secondary N) is 1. The molecule has 0 amide bonds. The number of ether oxygens (including phenoxy) is 1. The molecule has 2 heterocycles. The van der Waals surface area contributed by atoms with Gasteiger partial charge in [-0.15, -0.1) is 10.2 Å². The lowest BCUT2D eigenvalue weighted by Gasteiger charge is -2.13. The van der Waals surface area contributed by atoms with Crippen LogP contribution in [0.1, 0.15) is 17.5 Å². The van der Waals surface area contributed by atoms with Crippen LogP contribution in [0.5, 0.6) is 5.88 Å². The summed E-state index contributed by atoms with van der Waals surface area (Å²) in [7, 11) is 3.40. The lowest BCUT2D eigenvalue weighted by Crippen LogP contribution is -2.19. The van der Waals surface area contributed by atoms with E-state index in [2.05, 4.69) is 31.4 Å². The van der Waals surface area contributed by atoms with Crippen LogP contribution < -0.4 is 10.1 Å². The molecule has 0 saturated heterocycles. The Balaban J connectivity index is 2.32. The molecule has 0 spiro atoms. The maximum absolute atomic E-state index is 5.42. The highest BCUT2D eigenvalue weighted by Gasteiger charge is 2.20. The lowest BCUT2D eigenvalue weighted by atomic mass is 10.1. The van der Waals surface area contributed by atoms with E-state index in [1.807, 2.05) is 19.2 Å². The van der Waals surface area contributed by atoms with Gasteiger partial charge in [0, 0.05) is 6.07 Å². The average molecular weight is 298 g/mol. The molecule has 90 valence electrons. The van der Waals surface area contributed by atoms with Gasteiger partial charge in [0.05, 0.1) is 23.5 Å². The van der Waals surface area contributed by atoms with E-state index < -0.39 is 0 Å². The second kappa shape index (κ2) is 5.29. The highest BCUT2D eigenvalue weighted by molar-refractivity contribution is 9.10.